The number of primary amides is 1. The summed E-state index contributed by atoms with van der Waals surface area (Å²) in [5.74, 6) is -0.783. The Labute approximate surface area is 81.1 Å². The maximum atomic E-state index is 10.8. The first-order valence-corrected chi connectivity index (χ1v) is 4.10. The number of nitrogens with two attached hydrogens (primary N) is 1. The van der Waals surface area contributed by atoms with E-state index in [4.69, 9.17) is 17.3 Å². The number of rotatable bonds is 2. The van der Waals surface area contributed by atoms with E-state index in [1.807, 2.05) is 0 Å². The van der Waals surface area contributed by atoms with E-state index >= 15 is 0 Å². The van der Waals surface area contributed by atoms with Gasteiger partial charge in [-0.05, 0) is 24.6 Å². The molecule has 0 unspecified atom stereocenters. The monoisotopic (exact) mass is 199 g/mol. The maximum Gasteiger partial charge on any atom is 0.253 e. The molecule has 0 heterocycles. The molecule has 0 aromatic heterocycles. The van der Waals surface area contributed by atoms with Gasteiger partial charge >= 0.3 is 0 Å². The molecule has 1 atom stereocenters. The molecule has 0 spiro atoms. The third kappa shape index (κ3) is 1.99. The fourth-order valence-electron chi connectivity index (χ4n) is 0.917. The van der Waals surface area contributed by atoms with Gasteiger partial charge in [0.15, 0.2) is 5.60 Å². The van der Waals surface area contributed by atoms with Crippen LogP contribution in [0.1, 0.15) is 12.5 Å². The Hall–Kier alpha value is -1.06. The fourth-order valence-corrected chi connectivity index (χ4v) is 1.04. The van der Waals surface area contributed by atoms with Crippen molar-refractivity contribution in [3.63, 3.8) is 0 Å². The molecule has 1 amide bonds. The summed E-state index contributed by atoms with van der Waals surface area (Å²) in [6.07, 6.45) is 0. The van der Waals surface area contributed by atoms with Crippen molar-refractivity contribution >= 4 is 17.5 Å². The van der Waals surface area contributed by atoms with E-state index in [1.54, 1.807) is 24.3 Å². The van der Waals surface area contributed by atoms with Crippen LogP contribution in [-0.4, -0.2) is 11.0 Å². The van der Waals surface area contributed by atoms with E-state index in [0.29, 0.717) is 10.6 Å². The molecule has 0 aliphatic rings. The van der Waals surface area contributed by atoms with E-state index in [1.165, 1.54) is 6.92 Å². The second-order valence-corrected chi connectivity index (χ2v) is 3.38. The third-order valence-corrected chi connectivity index (χ3v) is 2.14. The first-order valence-electron chi connectivity index (χ1n) is 3.73. The summed E-state index contributed by atoms with van der Waals surface area (Å²) in [5, 5.41) is 10.2. The molecule has 3 nitrogen and oxygen atoms in total. The molecule has 1 rings (SSSR count). The lowest BCUT2D eigenvalue weighted by Crippen LogP contribution is -2.38. The van der Waals surface area contributed by atoms with E-state index < -0.39 is 11.5 Å². The van der Waals surface area contributed by atoms with Crippen molar-refractivity contribution in [3.05, 3.63) is 34.9 Å². The Morgan fingerprint density at radius 2 is 1.92 bits per heavy atom. The lowest BCUT2D eigenvalue weighted by molar-refractivity contribution is -0.135. The summed E-state index contributed by atoms with van der Waals surface area (Å²) in [6.45, 7) is 1.35. The smallest absolute Gasteiger partial charge is 0.253 e. The zero-order valence-electron chi connectivity index (χ0n) is 7.12. The SMILES string of the molecule is C[C@](O)(C(N)=O)c1ccc(Cl)cc1. The third-order valence-electron chi connectivity index (χ3n) is 1.89. The van der Waals surface area contributed by atoms with Crippen molar-refractivity contribution < 1.29 is 9.90 Å². The first-order chi connectivity index (χ1) is 5.94. The molecule has 70 valence electrons. The number of benzene rings is 1. The summed E-state index contributed by atoms with van der Waals surface area (Å²) >= 11 is 5.64. The Kier molecular flexibility index (Phi) is 2.59. The van der Waals surface area contributed by atoms with Crippen molar-refractivity contribution in [1.29, 1.82) is 0 Å². The quantitative estimate of drug-likeness (QED) is 0.748. The van der Waals surface area contributed by atoms with Gasteiger partial charge < -0.3 is 10.8 Å². The van der Waals surface area contributed by atoms with Gasteiger partial charge in [-0.25, -0.2) is 0 Å². The van der Waals surface area contributed by atoms with Crippen LogP contribution in [0.15, 0.2) is 24.3 Å². The highest BCUT2D eigenvalue weighted by Crippen LogP contribution is 2.21. The largest absolute Gasteiger partial charge is 0.376 e. The fraction of sp³-hybridized carbons (Fsp3) is 0.222. The molecule has 0 saturated heterocycles. The molecule has 3 N–H and O–H groups in total. The van der Waals surface area contributed by atoms with Gasteiger partial charge in [0.25, 0.3) is 5.91 Å². The number of hydrogen-bond donors (Lipinski definition) is 2. The second-order valence-electron chi connectivity index (χ2n) is 2.94. The Bertz CT molecular complexity index is 319. The number of carbonyl (C=O) groups is 1. The van der Waals surface area contributed by atoms with E-state index in [9.17, 15) is 9.90 Å². The molecular weight excluding hydrogens is 190 g/mol. The van der Waals surface area contributed by atoms with Crippen LogP contribution in [0.3, 0.4) is 0 Å². The average molecular weight is 200 g/mol. The van der Waals surface area contributed by atoms with E-state index in [-0.39, 0.29) is 0 Å². The summed E-state index contributed by atoms with van der Waals surface area (Å²) in [4.78, 5) is 10.8. The van der Waals surface area contributed by atoms with Gasteiger partial charge in [-0.1, -0.05) is 23.7 Å². The van der Waals surface area contributed by atoms with Crippen LogP contribution >= 0.6 is 11.6 Å². The number of halogens is 1. The van der Waals surface area contributed by atoms with Crippen LogP contribution in [0.4, 0.5) is 0 Å². The highest BCUT2D eigenvalue weighted by atomic mass is 35.5. The Balaban J connectivity index is 3.08. The van der Waals surface area contributed by atoms with Crippen molar-refractivity contribution in [1.82, 2.24) is 0 Å². The summed E-state index contributed by atoms with van der Waals surface area (Å²) in [7, 11) is 0. The highest BCUT2D eigenvalue weighted by molar-refractivity contribution is 6.30. The van der Waals surface area contributed by atoms with Crippen LogP contribution in [0.2, 0.25) is 5.02 Å². The molecule has 4 heteroatoms. The first kappa shape index (κ1) is 10.0. The van der Waals surface area contributed by atoms with Gasteiger partial charge in [-0.3, -0.25) is 4.79 Å². The molecular formula is C9H10ClNO2. The van der Waals surface area contributed by atoms with Gasteiger partial charge in [0.2, 0.25) is 0 Å². The topological polar surface area (TPSA) is 63.3 Å². The Morgan fingerprint density at radius 1 is 1.46 bits per heavy atom. The molecule has 13 heavy (non-hydrogen) atoms. The maximum absolute atomic E-state index is 10.8. The predicted molar refractivity (Wildman–Crippen MR) is 50.2 cm³/mol. The highest BCUT2D eigenvalue weighted by Gasteiger charge is 2.29. The molecule has 0 aliphatic heterocycles. The molecule has 0 aliphatic carbocycles. The van der Waals surface area contributed by atoms with Gasteiger partial charge in [-0.2, -0.15) is 0 Å². The summed E-state index contributed by atoms with van der Waals surface area (Å²) in [6, 6.07) is 6.31. The zero-order chi connectivity index (χ0) is 10.1. The van der Waals surface area contributed by atoms with Gasteiger partial charge in [0.1, 0.15) is 0 Å². The normalized spacial score (nSPS) is 15.0. The van der Waals surface area contributed by atoms with Gasteiger partial charge in [0, 0.05) is 5.02 Å². The minimum atomic E-state index is -1.63. The molecule has 0 bridgehead atoms. The number of hydrogen-bond acceptors (Lipinski definition) is 2. The van der Waals surface area contributed by atoms with Crippen LogP contribution in [-0.2, 0) is 10.4 Å². The standard InChI is InChI=1S/C9H10ClNO2/c1-9(13,8(11)12)6-2-4-7(10)5-3-6/h2-5,13H,1H3,(H2,11,12)/t9-/m1/s1. The summed E-state index contributed by atoms with van der Waals surface area (Å²) < 4.78 is 0. The van der Waals surface area contributed by atoms with Gasteiger partial charge in [-0.15, -0.1) is 0 Å². The van der Waals surface area contributed by atoms with Crippen LogP contribution in [0, 0.1) is 0 Å². The van der Waals surface area contributed by atoms with E-state index in [0.717, 1.165) is 0 Å². The van der Waals surface area contributed by atoms with Crippen LogP contribution in [0.5, 0.6) is 0 Å². The van der Waals surface area contributed by atoms with Crippen molar-refractivity contribution in [2.45, 2.75) is 12.5 Å². The van der Waals surface area contributed by atoms with E-state index in [2.05, 4.69) is 0 Å². The molecule has 1 aromatic rings. The molecule has 0 saturated carbocycles. The molecule has 0 radical (unpaired) electrons. The average Bonchev–Trinajstić information content (AvgIpc) is 2.04. The zero-order valence-corrected chi connectivity index (χ0v) is 7.88. The van der Waals surface area contributed by atoms with Crippen LogP contribution < -0.4 is 5.73 Å². The van der Waals surface area contributed by atoms with Gasteiger partial charge in [0.05, 0.1) is 0 Å². The molecule has 0 fully saturated rings. The lowest BCUT2D eigenvalue weighted by atomic mass is 9.96. The Morgan fingerprint density at radius 3 is 2.31 bits per heavy atom. The number of carbonyl (C=O) groups excluding carboxylic acids is 1. The minimum Gasteiger partial charge on any atom is -0.376 e. The van der Waals surface area contributed by atoms with Crippen molar-refractivity contribution in [3.8, 4) is 0 Å². The minimum absolute atomic E-state index is 0.435. The van der Waals surface area contributed by atoms with Crippen LogP contribution in [0.25, 0.3) is 0 Å². The molecule has 1 aromatic carbocycles. The summed E-state index contributed by atoms with van der Waals surface area (Å²) in [5.41, 5.74) is 3.82. The van der Waals surface area contributed by atoms with Crippen molar-refractivity contribution in [2.24, 2.45) is 5.73 Å². The number of aliphatic hydroxyl groups is 1. The lowest BCUT2D eigenvalue weighted by Gasteiger charge is -2.19. The predicted octanol–water partition coefficient (Wildman–Crippen LogP) is 1.03. The van der Waals surface area contributed by atoms with Crippen molar-refractivity contribution in [2.75, 3.05) is 0 Å². The second kappa shape index (κ2) is 3.36. The number of amides is 1.